The van der Waals surface area contributed by atoms with Crippen LogP contribution >= 0.6 is 0 Å². The molecule has 2 amide bonds. The van der Waals surface area contributed by atoms with Gasteiger partial charge in [-0.15, -0.1) is 0 Å². The Morgan fingerprint density at radius 1 is 1.04 bits per heavy atom. The number of nitrogens with one attached hydrogen (secondary N) is 2. The molecule has 0 unspecified atom stereocenters. The average molecular weight is 377 g/mol. The molecule has 2 aromatic carbocycles. The largest absolute Gasteiger partial charge is 0.416 e. The molecular weight excluding hydrogens is 359 g/mol. The Labute approximate surface area is 153 Å². The Morgan fingerprint density at radius 2 is 1.78 bits per heavy atom. The van der Waals surface area contributed by atoms with Crippen molar-refractivity contribution in [3.8, 4) is 0 Å². The number of benzene rings is 2. The lowest BCUT2D eigenvalue weighted by atomic mass is 10.1. The van der Waals surface area contributed by atoms with E-state index in [1.165, 1.54) is 18.2 Å². The van der Waals surface area contributed by atoms with Crippen molar-refractivity contribution in [3.63, 3.8) is 0 Å². The average Bonchev–Trinajstić information content (AvgIpc) is 3.46. The van der Waals surface area contributed by atoms with E-state index in [-0.39, 0.29) is 35.2 Å². The predicted molar refractivity (Wildman–Crippen MR) is 95.1 cm³/mol. The van der Waals surface area contributed by atoms with Gasteiger partial charge >= 0.3 is 6.18 Å². The lowest BCUT2D eigenvalue weighted by Gasteiger charge is -2.13. The maximum absolute atomic E-state index is 13.0. The highest BCUT2D eigenvalue weighted by molar-refractivity contribution is 6.05. The summed E-state index contributed by atoms with van der Waals surface area (Å²) in [5, 5.41) is 5.18. The van der Waals surface area contributed by atoms with Gasteiger partial charge in [-0.05, 0) is 54.8 Å². The van der Waals surface area contributed by atoms with Crippen LogP contribution < -0.4 is 16.4 Å². The summed E-state index contributed by atoms with van der Waals surface area (Å²) in [6, 6.07) is 9.43. The molecule has 2 aromatic rings. The number of amides is 2. The molecule has 0 atom stereocenters. The second-order valence-electron chi connectivity index (χ2n) is 6.42. The van der Waals surface area contributed by atoms with Crippen LogP contribution in [0.5, 0.6) is 0 Å². The normalized spacial score (nSPS) is 13.9. The van der Waals surface area contributed by atoms with Crippen LogP contribution in [-0.2, 0) is 17.5 Å². The Kier molecular flexibility index (Phi) is 5.18. The van der Waals surface area contributed by atoms with E-state index in [9.17, 15) is 22.8 Å². The smallest absolute Gasteiger partial charge is 0.326 e. The number of carbonyl (C=O) groups excluding carboxylic acids is 2. The number of rotatable bonds is 5. The number of carbonyl (C=O) groups is 2. The molecular formula is C19H18F3N3O2. The molecule has 1 fully saturated rings. The zero-order chi connectivity index (χ0) is 19.6. The van der Waals surface area contributed by atoms with E-state index in [2.05, 4.69) is 10.6 Å². The molecule has 0 radical (unpaired) electrons. The van der Waals surface area contributed by atoms with Gasteiger partial charge in [-0.2, -0.15) is 13.2 Å². The van der Waals surface area contributed by atoms with Crippen LogP contribution in [-0.4, -0.2) is 11.8 Å². The highest BCUT2D eigenvalue weighted by Gasteiger charge is 2.31. The number of anilines is 2. The van der Waals surface area contributed by atoms with Crippen molar-refractivity contribution in [3.05, 3.63) is 59.2 Å². The Balaban J connectivity index is 1.78. The van der Waals surface area contributed by atoms with Crippen LogP contribution in [0.2, 0.25) is 0 Å². The quantitative estimate of drug-likeness (QED) is 0.742. The van der Waals surface area contributed by atoms with Gasteiger partial charge in [0.25, 0.3) is 5.91 Å². The molecule has 4 N–H and O–H groups in total. The van der Waals surface area contributed by atoms with Crippen molar-refractivity contribution < 1.29 is 22.8 Å². The van der Waals surface area contributed by atoms with Gasteiger partial charge in [0.05, 0.1) is 5.56 Å². The van der Waals surface area contributed by atoms with Crippen LogP contribution in [0.25, 0.3) is 0 Å². The van der Waals surface area contributed by atoms with Crippen molar-refractivity contribution >= 4 is 23.2 Å². The third-order valence-electron chi connectivity index (χ3n) is 4.15. The molecule has 0 spiro atoms. The highest BCUT2D eigenvalue weighted by Crippen LogP contribution is 2.32. The van der Waals surface area contributed by atoms with Gasteiger partial charge in [0.2, 0.25) is 5.91 Å². The van der Waals surface area contributed by atoms with Gasteiger partial charge in [0.1, 0.15) is 0 Å². The molecule has 0 aliphatic heterocycles. The van der Waals surface area contributed by atoms with Crippen molar-refractivity contribution in [2.75, 3.05) is 10.6 Å². The van der Waals surface area contributed by atoms with Gasteiger partial charge < -0.3 is 16.4 Å². The van der Waals surface area contributed by atoms with E-state index in [4.69, 9.17) is 5.73 Å². The van der Waals surface area contributed by atoms with Crippen LogP contribution in [0.3, 0.4) is 0 Å². The molecule has 0 bridgehead atoms. The summed E-state index contributed by atoms with van der Waals surface area (Å²) >= 11 is 0. The van der Waals surface area contributed by atoms with Gasteiger partial charge in [-0.3, -0.25) is 9.59 Å². The van der Waals surface area contributed by atoms with Gasteiger partial charge in [0.15, 0.2) is 0 Å². The zero-order valence-corrected chi connectivity index (χ0v) is 14.3. The predicted octanol–water partition coefficient (Wildman–Crippen LogP) is 3.76. The van der Waals surface area contributed by atoms with Crippen molar-refractivity contribution in [1.82, 2.24) is 0 Å². The maximum Gasteiger partial charge on any atom is 0.416 e. The SMILES string of the molecule is NCc1cc(NC(=O)c2cccc(NC(=O)C3CC3)c2)cc(C(F)(F)F)c1. The first-order valence-electron chi connectivity index (χ1n) is 8.40. The molecule has 0 saturated heterocycles. The minimum absolute atomic E-state index is 0.00249. The van der Waals surface area contributed by atoms with Crippen molar-refractivity contribution in [1.29, 1.82) is 0 Å². The third-order valence-corrected chi connectivity index (χ3v) is 4.15. The first-order valence-corrected chi connectivity index (χ1v) is 8.40. The minimum atomic E-state index is -4.54. The first-order chi connectivity index (χ1) is 12.8. The molecule has 8 heteroatoms. The van der Waals surface area contributed by atoms with Crippen molar-refractivity contribution in [2.45, 2.75) is 25.6 Å². The molecule has 27 heavy (non-hydrogen) atoms. The van der Waals surface area contributed by atoms with Gasteiger partial charge in [-0.1, -0.05) is 6.07 Å². The summed E-state index contributed by atoms with van der Waals surface area (Å²) in [6.07, 6.45) is -2.84. The lowest BCUT2D eigenvalue weighted by molar-refractivity contribution is -0.137. The fourth-order valence-corrected chi connectivity index (χ4v) is 2.58. The van der Waals surface area contributed by atoms with E-state index < -0.39 is 17.6 Å². The number of halogens is 3. The topological polar surface area (TPSA) is 84.2 Å². The van der Waals surface area contributed by atoms with Crippen LogP contribution in [0.1, 0.15) is 34.3 Å². The monoisotopic (exact) mass is 377 g/mol. The van der Waals surface area contributed by atoms with Crippen LogP contribution in [0.15, 0.2) is 42.5 Å². The van der Waals surface area contributed by atoms with E-state index in [0.29, 0.717) is 5.69 Å². The number of hydrogen-bond donors (Lipinski definition) is 3. The molecule has 5 nitrogen and oxygen atoms in total. The molecule has 3 rings (SSSR count). The fraction of sp³-hybridized carbons (Fsp3) is 0.263. The van der Waals surface area contributed by atoms with E-state index in [0.717, 1.165) is 25.0 Å². The van der Waals surface area contributed by atoms with E-state index in [1.54, 1.807) is 12.1 Å². The standard InChI is InChI=1S/C19H18F3N3O2/c20-19(21,22)14-6-11(10-23)7-16(9-14)25-18(27)13-2-1-3-15(8-13)24-17(26)12-4-5-12/h1-3,6-9,12H,4-5,10,23H2,(H,24,26)(H,25,27). The summed E-state index contributed by atoms with van der Waals surface area (Å²) in [5.41, 5.74) is 5.50. The second-order valence-corrected chi connectivity index (χ2v) is 6.42. The Morgan fingerprint density at radius 3 is 2.41 bits per heavy atom. The first kappa shape index (κ1) is 18.9. The van der Waals surface area contributed by atoms with Crippen molar-refractivity contribution in [2.24, 2.45) is 11.7 Å². The summed E-state index contributed by atoms with van der Waals surface area (Å²) in [5.74, 6) is -0.667. The molecule has 0 heterocycles. The van der Waals surface area contributed by atoms with Crippen LogP contribution in [0, 0.1) is 5.92 Å². The van der Waals surface area contributed by atoms with Gasteiger partial charge in [-0.25, -0.2) is 0 Å². The number of nitrogens with two attached hydrogens (primary N) is 1. The molecule has 1 saturated carbocycles. The lowest BCUT2D eigenvalue weighted by Crippen LogP contribution is -2.16. The fourth-order valence-electron chi connectivity index (χ4n) is 2.58. The Hall–Kier alpha value is -2.87. The Bertz CT molecular complexity index is 877. The zero-order valence-electron chi connectivity index (χ0n) is 14.3. The molecule has 1 aliphatic rings. The second kappa shape index (κ2) is 7.40. The summed E-state index contributed by atoms with van der Waals surface area (Å²) in [7, 11) is 0. The number of hydrogen-bond acceptors (Lipinski definition) is 3. The summed E-state index contributed by atoms with van der Waals surface area (Å²) in [4.78, 5) is 24.2. The molecule has 0 aromatic heterocycles. The summed E-state index contributed by atoms with van der Waals surface area (Å²) in [6.45, 7) is -0.0878. The van der Waals surface area contributed by atoms with E-state index >= 15 is 0 Å². The number of alkyl halides is 3. The van der Waals surface area contributed by atoms with Gasteiger partial charge in [0, 0.05) is 29.4 Å². The highest BCUT2D eigenvalue weighted by atomic mass is 19.4. The summed E-state index contributed by atoms with van der Waals surface area (Å²) < 4.78 is 39.0. The third kappa shape index (κ3) is 4.85. The minimum Gasteiger partial charge on any atom is -0.326 e. The maximum atomic E-state index is 13.0. The molecule has 1 aliphatic carbocycles. The van der Waals surface area contributed by atoms with Crippen LogP contribution in [0.4, 0.5) is 24.5 Å². The van der Waals surface area contributed by atoms with E-state index in [1.807, 2.05) is 0 Å². The molecule has 142 valence electrons.